The fourth-order valence-corrected chi connectivity index (χ4v) is 1.02. The Morgan fingerprint density at radius 1 is 1.55 bits per heavy atom. The molecule has 1 fully saturated rings. The van der Waals surface area contributed by atoms with Crippen molar-refractivity contribution in [2.45, 2.75) is 12.8 Å². The van der Waals surface area contributed by atoms with E-state index in [1.54, 1.807) is 0 Å². The summed E-state index contributed by atoms with van der Waals surface area (Å²) in [7, 11) is -3.45. The SMILES string of the molecule is CS(=O)(=O)OCC(=O)C1CC1. The van der Waals surface area contributed by atoms with Crippen LogP contribution in [0.3, 0.4) is 0 Å². The average molecular weight is 178 g/mol. The normalized spacial score (nSPS) is 18.3. The fourth-order valence-electron chi connectivity index (χ4n) is 0.688. The summed E-state index contributed by atoms with van der Waals surface area (Å²) in [5, 5.41) is 0. The number of carbonyl (C=O) groups excluding carboxylic acids is 1. The molecule has 1 aliphatic carbocycles. The first kappa shape index (κ1) is 8.67. The molecule has 0 N–H and O–H groups in total. The zero-order valence-electron chi connectivity index (χ0n) is 6.24. The Hall–Kier alpha value is -0.420. The average Bonchev–Trinajstić information content (AvgIpc) is 2.61. The summed E-state index contributed by atoms with van der Waals surface area (Å²) in [5.41, 5.74) is 0. The Balaban J connectivity index is 2.26. The number of ketones is 1. The van der Waals surface area contributed by atoms with Crippen molar-refractivity contribution >= 4 is 15.9 Å². The van der Waals surface area contributed by atoms with Gasteiger partial charge < -0.3 is 0 Å². The van der Waals surface area contributed by atoms with Gasteiger partial charge in [0.05, 0.1) is 6.26 Å². The summed E-state index contributed by atoms with van der Waals surface area (Å²) < 4.78 is 25.1. The van der Waals surface area contributed by atoms with Crippen molar-refractivity contribution in [2.75, 3.05) is 12.9 Å². The van der Waals surface area contributed by atoms with Crippen LogP contribution in [0.25, 0.3) is 0 Å². The summed E-state index contributed by atoms with van der Waals surface area (Å²) in [4.78, 5) is 10.9. The van der Waals surface area contributed by atoms with Crippen LogP contribution in [0.2, 0.25) is 0 Å². The quantitative estimate of drug-likeness (QED) is 0.566. The number of carbonyl (C=O) groups is 1. The van der Waals surface area contributed by atoms with Gasteiger partial charge in [-0.05, 0) is 12.8 Å². The van der Waals surface area contributed by atoms with Crippen molar-refractivity contribution in [3.05, 3.63) is 0 Å². The second kappa shape index (κ2) is 2.91. The molecule has 0 atom stereocenters. The van der Waals surface area contributed by atoms with E-state index in [9.17, 15) is 13.2 Å². The van der Waals surface area contributed by atoms with E-state index in [1.165, 1.54) is 0 Å². The van der Waals surface area contributed by atoms with Crippen molar-refractivity contribution < 1.29 is 17.4 Å². The summed E-state index contributed by atoms with van der Waals surface area (Å²) in [5.74, 6) is -0.0350. The molecule has 11 heavy (non-hydrogen) atoms. The van der Waals surface area contributed by atoms with E-state index < -0.39 is 10.1 Å². The summed E-state index contributed by atoms with van der Waals surface area (Å²) in [6.07, 6.45) is 2.70. The van der Waals surface area contributed by atoms with Gasteiger partial charge in [-0.1, -0.05) is 0 Å². The zero-order chi connectivity index (χ0) is 8.48. The maximum atomic E-state index is 10.9. The van der Waals surface area contributed by atoms with E-state index in [0.29, 0.717) is 0 Å². The monoisotopic (exact) mass is 178 g/mol. The van der Waals surface area contributed by atoms with Gasteiger partial charge in [0.25, 0.3) is 10.1 Å². The Morgan fingerprint density at radius 3 is 2.45 bits per heavy atom. The molecule has 1 saturated carbocycles. The first-order valence-electron chi connectivity index (χ1n) is 3.36. The molecule has 0 saturated heterocycles. The molecular weight excluding hydrogens is 168 g/mol. The molecule has 0 amide bonds. The van der Waals surface area contributed by atoms with E-state index in [2.05, 4.69) is 4.18 Å². The van der Waals surface area contributed by atoms with Gasteiger partial charge in [-0.3, -0.25) is 8.98 Å². The Bertz CT molecular complexity index is 250. The lowest BCUT2D eigenvalue weighted by molar-refractivity contribution is -0.122. The lowest BCUT2D eigenvalue weighted by Crippen LogP contribution is -2.14. The maximum Gasteiger partial charge on any atom is 0.264 e. The summed E-state index contributed by atoms with van der Waals surface area (Å²) in [6.45, 7) is -0.288. The molecule has 0 unspecified atom stereocenters. The summed E-state index contributed by atoms with van der Waals surface area (Å²) >= 11 is 0. The van der Waals surface area contributed by atoms with Gasteiger partial charge in [0.15, 0.2) is 5.78 Å². The number of rotatable bonds is 4. The Kier molecular flexibility index (Phi) is 2.29. The highest BCUT2D eigenvalue weighted by Gasteiger charge is 2.29. The van der Waals surface area contributed by atoms with Crippen LogP contribution in [0, 0.1) is 5.92 Å². The molecule has 0 aromatic rings. The highest BCUT2D eigenvalue weighted by atomic mass is 32.2. The van der Waals surface area contributed by atoms with Gasteiger partial charge in [0, 0.05) is 5.92 Å². The van der Waals surface area contributed by atoms with Gasteiger partial charge in [-0.25, -0.2) is 0 Å². The molecule has 1 rings (SSSR count). The van der Waals surface area contributed by atoms with Gasteiger partial charge in [-0.2, -0.15) is 8.42 Å². The second-order valence-corrected chi connectivity index (χ2v) is 4.35. The van der Waals surface area contributed by atoms with Crippen LogP contribution in [-0.2, 0) is 19.1 Å². The predicted molar refractivity (Wildman–Crippen MR) is 38.5 cm³/mol. The third-order valence-electron chi connectivity index (χ3n) is 1.45. The van der Waals surface area contributed by atoms with E-state index in [0.717, 1.165) is 19.1 Å². The van der Waals surface area contributed by atoms with Crippen LogP contribution in [0.1, 0.15) is 12.8 Å². The van der Waals surface area contributed by atoms with E-state index >= 15 is 0 Å². The van der Waals surface area contributed by atoms with Crippen molar-refractivity contribution in [1.82, 2.24) is 0 Å². The van der Waals surface area contributed by atoms with Crippen LogP contribution < -0.4 is 0 Å². The molecule has 1 aliphatic rings. The van der Waals surface area contributed by atoms with Gasteiger partial charge in [-0.15, -0.1) is 0 Å². The topological polar surface area (TPSA) is 60.4 Å². The lowest BCUT2D eigenvalue weighted by atomic mass is 10.3. The van der Waals surface area contributed by atoms with E-state index in [4.69, 9.17) is 0 Å². The minimum atomic E-state index is -3.45. The van der Waals surface area contributed by atoms with Crippen LogP contribution >= 0.6 is 0 Å². The molecule has 0 heterocycles. The van der Waals surface area contributed by atoms with E-state index in [-0.39, 0.29) is 18.3 Å². The lowest BCUT2D eigenvalue weighted by Gasteiger charge is -1.97. The van der Waals surface area contributed by atoms with E-state index in [1.807, 2.05) is 0 Å². The summed E-state index contributed by atoms with van der Waals surface area (Å²) in [6, 6.07) is 0. The molecule has 0 aliphatic heterocycles. The fraction of sp³-hybridized carbons (Fsp3) is 0.833. The highest BCUT2D eigenvalue weighted by molar-refractivity contribution is 7.86. The Labute approximate surface area is 65.7 Å². The number of hydrogen-bond donors (Lipinski definition) is 0. The molecule has 0 aromatic carbocycles. The van der Waals surface area contributed by atoms with Crippen molar-refractivity contribution in [3.8, 4) is 0 Å². The van der Waals surface area contributed by atoms with Gasteiger partial charge >= 0.3 is 0 Å². The molecule has 5 heteroatoms. The molecule has 0 radical (unpaired) electrons. The first-order valence-corrected chi connectivity index (χ1v) is 5.18. The largest absolute Gasteiger partial charge is 0.297 e. The number of hydrogen-bond acceptors (Lipinski definition) is 4. The standard InChI is InChI=1S/C6H10O4S/c1-11(8,9)10-4-6(7)5-2-3-5/h5H,2-4H2,1H3. The highest BCUT2D eigenvalue weighted by Crippen LogP contribution is 2.29. The second-order valence-electron chi connectivity index (χ2n) is 2.71. The molecular formula is C6H10O4S. The molecule has 64 valence electrons. The predicted octanol–water partition coefficient (Wildman–Crippen LogP) is -0.0583. The van der Waals surface area contributed by atoms with Crippen molar-refractivity contribution in [2.24, 2.45) is 5.92 Å². The van der Waals surface area contributed by atoms with Crippen LogP contribution in [0.15, 0.2) is 0 Å². The smallest absolute Gasteiger partial charge is 0.264 e. The van der Waals surface area contributed by atoms with Crippen LogP contribution in [0.5, 0.6) is 0 Å². The van der Waals surface area contributed by atoms with Gasteiger partial charge in [0.1, 0.15) is 6.61 Å². The number of Topliss-reactive ketones (excluding diaryl/α,β-unsaturated/α-hetero) is 1. The van der Waals surface area contributed by atoms with Crippen molar-refractivity contribution in [1.29, 1.82) is 0 Å². The third kappa shape index (κ3) is 3.48. The molecule has 0 bridgehead atoms. The first-order chi connectivity index (χ1) is 4.99. The third-order valence-corrected chi connectivity index (χ3v) is 1.99. The van der Waals surface area contributed by atoms with Crippen molar-refractivity contribution in [3.63, 3.8) is 0 Å². The minimum absolute atomic E-state index is 0.0664. The molecule has 0 aromatic heterocycles. The minimum Gasteiger partial charge on any atom is -0.297 e. The molecule has 0 spiro atoms. The van der Waals surface area contributed by atoms with Crippen LogP contribution in [-0.4, -0.2) is 27.1 Å². The van der Waals surface area contributed by atoms with Crippen LogP contribution in [0.4, 0.5) is 0 Å². The zero-order valence-corrected chi connectivity index (χ0v) is 7.06. The molecule has 4 nitrogen and oxygen atoms in total. The maximum absolute atomic E-state index is 10.9. The Morgan fingerprint density at radius 2 is 2.09 bits per heavy atom. The van der Waals surface area contributed by atoms with Gasteiger partial charge in [0.2, 0.25) is 0 Å².